The normalized spacial score (nSPS) is 14.8. The Morgan fingerprint density at radius 2 is 1.72 bits per heavy atom. The summed E-state index contributed by atoms with van der Waals surface area (Å²) in [7, 11) is 0. The number of amides is 2. The van der Waals surface area contributed by atoms with Crippen LogP contribution in [0.25, 0.3) is 0 Å². The number of carbonyl (C=O) groups excluding carboxylic acids is 2. The topological polar surface area (TPSA) is 49.4 Å². The minimum atomic E-state index is -0.493. The summed E-state index contributed by atoms with van der Waals surface area (Å²) in [6.07, 6.45) is 4.90. The van der Waals surface area contributed by atoms with E-state index in [9.17, 15) is 9.59 Å². The van der Waals surface area contributed by atoms with Crippen LogP contribution in [-0.2, 0) is 21.9 Å². The van der Waals surface area contributed by atoms with Crippen molar-refractivity contribution in [2.75, 3.05) is 5.75 Å². The number of hydrogen-bond donors (Lipinski definition) is 1. The minimum Gasteiger partial charge on any atom is -0.352 e. The monoisotopic (exact) mass is 492 g/mol. The van der Waals surface area contributed by atoms with Gasteiger partial charge in [-0.3, -0.25) is 9.59 Å². The summed E-state index contributed by atoms with van der Waals surface area (Å²) in [5, 5.41) is 4.37. The Morgan fingerprint density at radius 1 is 1.06 bits per heavy atom. The van der Waals surface area contributed by atoms with Crippen molar-refractivity contribution < 1.29 is 9.59 Å². The lowest BCUT2D eigenvalue weighted by atomic mass is 10.1. The van der Waals surface area contributed by atoms with Crippen LogP contribution in [0, 0.1) is 0 Å². The van der Waals surface area contributed by atoms with Crippen LogP contribution in [-0.4, -0.2) is 34.6 Å². The molecule has 0 aromatic heterocycles. The molecule has 3 rings (SSSR count). The van der Waals surface area contributed by atoms with Crippen LogP contribution in [0.5, 0.6) is 0 Å². The zero-order valence-corrected chi connectivity index (χ0v) is 20.7. The fourth-order valence-corrected chi connectivity index (χ4v) is 5.71. The molecule has 1 atom stereocenters. The van der Waals surface area contributed by atoms with Gasteiger partial charge in [0.05, 0.1) is 5.75 Å². The Morgan fingerprint density at radius 3 is 2.34 bits per heavy atom. The van der Waals surface area contributed by atoms with Gasteiger partial charge in [-0.1, -0.05) is 79.4 Å². The van der Waals surface area contributed by atoms with Crippen molar-refractivity contribution in [3.8, 4) is 0 Å². The molecule has 2 aromatic carbocycles. The predicted octanol–water partition coefficient (Wildman–Crippen LogP) is 6.09. The maximum atomic E-state index is 13.3. The van der Waals surface area contributed by atoms with E-state index in [1.54, 1.807) is 23.1 Å². The molecule has 172 valence electrons. The Balaban J connectivity index is 1.70. The third kappa shape index (κ3) is 6.90. The molecule has 0 spiro atoms. The Hall–Kier alpha value is -1.69. The van der Waals surface area contributed by atoms with Crippen molar-refractivity contribution in [1.29, 1.82) is 0 Å². The lowest BCUT2D eigenvalue weighted by Crippen LogP contribution is -2.51. The lowest BCUT2D eigenvalue weighted by molar-refractivity contribution is -0.139. The Bertz CT molecular complexity index is 884. The molecule has 0 aliphatic heterocycles. The summed E-state index contributed by atoms with van der Waals surface area (Å²) < 4.78 is 0. The largest absolute Gasteiger partial charge is 0.352 e. The number of nitrogens with zero attached hydrogens (tertiary/aromatic N) is 1. The fourth-order valence-electron chi connectivity index (χ4n) is 4.06. The van der Waals surface area contributed by atoms with Gasteiger partial charge in [0.2, 0.25) is 11.8 Å². The van der Waals surface area contributed by atoms with Crippen LogP contribution < -0.4 is 5.32 Å². The number of rotatable bonds is 10. The number of nitrogens with one attached hydrogen (secondary N) is 1. The second-order valence-electron chi connectivity index (χ2n) is 8.11. The average Bonchev–Trinajstić information content (AvgIpc) is 3.29. The molecule has 0 radical (unpaired) electrons. The van der Waals surface area contributed by atoms with Crippen molar-refractivity contribution in [1.82, 2.24) is 10.2 Å². The summed E-state index contributed by atoms with van der Waals surface area (Å²) in [6, 6.07) is 15.0. The summed E-state index contributed by atoms with van der Waals surface area (Å²) in [5.41, 5.74) is 1.83. The van der Waals surface area contributed by atoms with E-state index in [2.05, 4.69) is 5.32 Å². The molecule has 0 unspecified atom stereocenters. The molecule has 4 nitrogen and oxygen atoms in total. The van der Waals surface area contributed by atoms with Gasteiger partial charge in [0, 0.05) is 28.4 Å². The average molecular weight is 494 g/mol. The first-order valence-electron chi connectivity index (χ1n) is 11.1. The first kappa shape index (κ1) is 24.9. The molecule has 1 saturated carbocycles. The van der Waals surface area contributed by atoms with Gasteiger partial charge in [-0.15, -0.1) is 11.8 Å². The number of hydrogen-bond acceptors (Lipinski definition) is 3. The highest BCUT2D eigenvalue weighted by molar-refractivity contribution is 7.99. The molecule has 32 heavy (non-hydrogen) atoms. The van der Waals surface area contributed by atoms with Gasteiger partial charge in [-0.25, -0.2) is 0 Å². The molecular weight excluding hydrogens is 463 g/mol. The van der Waals surface area contributed by atoms with E-state index >= 15 is 0 Å². The molecule has 1 aliphatic rings. The molecular formula is C25H30Cl2N2O2S. The molecule has 1 fully saturated rings. The van der Waals surface area contributed by atoms with E-state index in [1.165, 1.54) is 11.8 Å². The van der Waals surface area contributed by atoms with Crippen molar-refractivity contribution in [3.63, 3.8) is 0 Å². The van der Waals surface area contributed by atoms with Crippen molar-refractivity contribution in [3.05, 3.63) is 69.7 Å². The summed E-state index contributed by atoms with van der Waals surface area (Å²) in [6.45, 7) is 2.37. The number of thioether (sulfide) groups is 1. The molecule has 7 heteroatoms. The van der Waals surface area contributed by atoms with E-state index in [1.807, 2.05) is 37.3 Å². The van der Waals surface area contributed by atoms with Gasteiger partial charge in [-0.2, -0.15) is 0 Å². The Labute approximate surface area is 205 Å². The quantitative estimate of drug-likeness (QED) is 0.436. The number of halogens is 2. The molecule has 1 aliphatic carbocycles. The van der Waals surface area contributed by atoms with Crippen LogP contribution in [0.2, 0.25) is 10.0 Å². The van der Waals surface area contributed by atoms with Gasteiger partial charge in [0.15, 0.2) is 0 Å². The van der Waals surface area contributed by atoms with Gasteiger partial charge in [0.1, 0.15) is 6.04 Å². The highest BCUT2D eigenvalue weighted by Crippen LogP contribution is 2.28. The zero-order valence-electron chi connectivity index (χ0n) is 18.4. The van der Waals surface area contributed by atoms with Crippen molar-refractivity contribution in [2.24, 2.45) is 0 Å². The first-order chi connectivity index (χ1) is 15.5. The molecule has 0 heterocycles. The predicted molar refractivity (Wildman–Crippen MR) is 134 cm³/mol. The summed E-state index contributed by atoms with van der Waals surface area (Å²) >= 11 is 14.0. The van der Waals surface area contributed by atoms with Crippen molar-refractivity contribution in [2.45, 2.75) is 63.4 Å². The lowest BCUT2D eigenvalue weighted by Gasteiger charge is -2.31. The second kappa shape index (κ2) is 12.5. The standard InChI is InChI=1S/C25H30Cl2N2O2S/c1-2-23(25(31)28-19-11-6-7-12-19)29(15-18-9-4-3-5-10-18)24(30)17-32-16-20-21(26)13-8-14-22(20)27/h3-5,8-10,13-14,19,23H,2,6-7,11-12,15-17H2,1H3,(H,28,31)/t23-/m0/s1. The SMILES string of the molecule is CC[C@@H](C(=O)NC1CCCC1)N(Cc1ccccc1)C(=O)CSCc1c(Cl)cccc1Cl. The number of carbonyl (C=O) groups is 2. The molecule has 2 aromatic rings. The first-order valence-corrected chi connectivity index (χ1v) is 13.0. The van der Waals surface area contributed by atoms with Crippen molar-refractivity contribution >= 4 is 46.8 Å². The van der Waals surface area contributed by atoms with E-state index < -0.39 is 6.04 Å². The third-order valence-electron chi connectivity index (χ3n) is 5.82. The van der Waals surface area contributed by atoms with Crippen LogP contribution >= 0.6 is 35.0 Å². The maximum absolute atomic E-state index is 13.3. The fraction of sp³-hybridized carbons (Fsp3) is 0.440. The minimum absolute atomic E-state index is 0.0529. The van der Waals surface area contributed by atoms with Crippen LogP contribution in [0.3, 0.4) is 0 Å². The maximum Gasteiger partial charge on any atom is 0.243 e. The van der Waals surface area contributed by atoms with E-state index in [0.29, 0.717) is 28.8 Å². The molecule has 1 N–H and O–H groups in total. The summed E-state index contributed by atoms with van der Waals surface area (Å²) in [4.78, 5) is 28.1. The summed E-state index contributed by atoms with van der Waals surface area (Å²) in [5.74, 6) is 0.675. The third-order valence-corrected chi connectivity index (χ3v) is 7.47. The second-order valence-corrected chi connectivity index (χ2v) is 9.91. The van der Waals surface area contributed by atoms with E-state index in [0.717, 1.165) is 36.8 Å². The molecule has 0 saturated heterocycles. The molecule has 2 amide bonds. The van der Waals surface area contributed by atoms with Gasteiger partial charge in [0.25, 0.3) is 0 Å². The molecule has 0 bridgehead atoms. The van der Waals surface area contributed by atoms with Crippen LogP contribution in [0.1, 0.15) is 50.2 Å². The van der Waals surface area contributed by atoms with Gasteiger partial charge < -0.3 is 10.2 Å². The van der Waals surface area contributed by atoms with Crippen LogP contribution in [0.4, 0.5) is 0 Å². The highest BCUT2D eigenvalue weighted by atomic mass is 35.5. The number of benzene rings is 2. The van der Waals surface area contributed by atoms with Gasteiger partial charge >= 0.3 is 0 Å². The smallest absolute Gasteiger partial charge is 0.243 e. The van der Waals surface area contributed by atoms with Gasteiger partial charge in [-0.05, 0) is 42.5 Å². The van der Waals surface area contributed by atoms with E-state index in [4.69, 9.17) is 23.2 Å². The zero-order chi connectivity index (χ0) is 22.9. The van der Waals surface area contributed by atoms with Crippen LogP contribution in [0.15, 0.2) is 48.5 Å². The van der Waals surface area contributed by atoms with E-state index in [-0.39, 0.29) is 23.6 Å². The Kier molecular flexibility index (Phi) is 9.76. The highest BCUT2D eigenvalue weighted by Gasteiger charge is 2.30.